The zero-order chi connectivity index (χ0) is 24.4. The normalized spacial score (nSPS) is 14.8. The van der Waals surface area contributed by atoms with Crippen LogP contribution in [0.15, 0.2) is 48.9 Å². The number of aromatic amines is 1. The topological polar surface area (TPSA) is 99.3 Å². The van der Waals surface area contributed by atoms with Crippen molar-refractivity contribution >= 4 is 23.1 Å². The molecule has 0 radical (unpaired) electrons. The smallest absolute Gasteiger partial charge is 0.408 e. The van der Waals surface area contributed by atoms with Gasteiger partial charge in [0.15, 0.2) is 5.75 Å². The Hall–Kier alpha value is -3.82. The number of aryl methyl sites for hydroxylation is 2. The summed E-state index contributed by atoms with van der Waals surface area (Å²) >= 11 is 0. The van der Waals surface area contributed by atoms with Crippen molar-refractivity contribution in [1.82, 2.24) is 29.7 Å². The molecule has 4 aromatic rings. The molecule has 0 atom stereocenters. The van der Waals surface area contributed by atoms with Gasteiger partial charge in [0.05, 0.1) is 5.69 Å². The van der Waals surface area contributed by atoms with Crippen molar-refractivity contribution in [3.8, 4) is 16.9 Å². The highest BCUT2D eigenvalue weighted by Crippen LogP contribution is 2.35. The standard InChI is InChI=1S/C26H29N7O2/c1-17-5-4-6-18(2)22(17)20-7-8-21(24-23(20)27-9-10-28-24)35-26(34)31-25-29-15-19(30-25)16-33-13-11-32(3)12-14-33/h4-10,15H,11-14,16H2,1-3H3,(H2,29,30,31,34). The highest BCUT2D eigenvalue weighted by atomic mass is 16.6. The van der Waals surface area contributed by atoms with Gasteiger partial charge in [-0.25, -0.2) is 14.8 Å². The van der Waals surface area contributed by atoms with Gasteiger partial charge < -0.3 is 14.6 Å². The van der Waals surface area contributed by atoms with Gasteiger partial charge in [0.25, 0.3) is 0 Å². The quantitative estimate of drug-likeness (QED) is 0.454. The number of nitrogens with one attached hydrogen (secondary N) is 2. The molecular formula is C26H29N7O2. The maximum absolute atomic E-state index is 12.7. The molecule has 2 aromatic carbocycles. The Balaban J connectivity index is 1.32. The molecule has 35 heavy (non-hydrogen) atoms. The van der Waals surface area contributed by atoms with Gasteiger partial charge in [-0.15, -0.1) is 0 Å². The Bertz CT molecular complexity index is 1340. The Morgan fingerprint density at radius 3 is 2.49 bits per heavy atom. The molecule has 0 spiro atoms. The third-order valence-corrected chi connectivity index (χ3v) is 6.37. The molecule has 0 unspecified atom stereocenters. The van der Waals surface area contributed by atoms with E-state index in [0.29, 0.717) is 22.7 Å². The summed E-state index contributed by atoms with van der Waals surface area (Å²) in [6.45, 7) is 8.97. The monoisotopic (exact) mass is 471 g/mol. The number of rotatable bonds is 5. The molecule has 3 heterocycles. The highest BCUT2D eigenvalue weighted by Gasteiger charge is 2.18. The molecule has 5 rings (SSSR count). The van der Waals surface area contributed by atoms with Crippen molar-refractivity contribution in [2.45, 2.75) is 20.4 Å². The number of amides is 1. The second kappa shape index (κ2) is 9.81. The second-order valence-electron chi connectivity index (χ2n) is 8.97. The molecule has 0 bridgehead atoms. The molecule has 9 heteroatoms. The van der Waals surface area contributed by atoms with Crippen LogP contribution >= 0.6 is 0 Å². The van der Waals surface area contributed by atoms with Crippen molar-refractivity contribution in [1.29, 1.82) is 0 Å². The Morgan fingerprint density at radius 2 is 1.74 bits per heavy atom. The lowest BCUT2D eigenvalue weighted by Crippen LogP contribution is -2.43. The number of hydrogen-bond acceptors (Lipinski definition) is 7. The first kappa shape index (κ1) is 22.9. The van der Waals surface area contributed by atoms with Crippen LogP contribution in [-0.2, 0) is 6.54 Å². The van der Waals surface area contributed by atoms with E-state index in [4.69, 9.17) is 4.74 Å². The van der Waals surface area contributed by atoms with Gasteiger partial charge in [0, 0.05) is 56.9 Å². The largest absolute Gasteiger partial charge is 0.419 e. The minimum atomic E-state index is -0.641. The predicted molar refractivity (Wildman–Crippen MR) is 135 cm³/mol. The third kappa shape index (κ3) is 5.01. The molecule has 0 aliphatic carbocycles. The first-order valence-electron chi connectivity index (χ1n) is 11.7. The lowest BCUT2D eigenvalue weighted by molar-refractivity contribution is 0.147. The fourth-order valence-electron chi connectivity index (χ4n) is 4.52. The molecule has 1 aliphatic heterocycles. The van der Waals surface area contributed by atoms with Crippen LogP contribution in [0.3, 0.4) is 0 Å². The fourth-order valence-corrected chi connectivity index (χ4v) is 4.52. The second-order valence-corrected chi connectivity index (χ2v) is 8.97. The van der Waals surface area contributed by atoms with E-state index >= 15 is 0 Å². The lowest BCUT2D eigenvalue weighted by atomic mass is 9.94. The van der Waals surface area contributed by atoms with Gasteiger partial charge in [-0.05, 0) is 49.7 Å². The van der Waals surface area contributed by atoms with E-state index in [1.54, 1.807) is 18.5 Å². The van der Waals surface area contributed by atoms with Gasteiger partial charge >= 0.3 is 6.09 Å². The number of carbonyl (C=O) groups is 1. The summed E-state index contributed by atoms with van der Waals surface area (Å²) < 4.78 is 5.63. The SMILES string of the molecule is Cc1cccc(C)c1-c1ccc(OC(=O)Nc2nc(CN3CCN(C)CC3)c[nH]2)c2nccnc12. The molecule has 1 fully saturated rings. The number of H-pyrrole nitrogens is 1. The molecule has 1 aliphatic rings. The van der Waals surface area contributed by atoms with E-state index in [1.165, 1.54) is 0 Å². The van der Waals surface area contributed by atoms with Crippen LogP contribution in [0.4, 0.5) is 10.7 Å². The van der Waals surface area contributed by atoms with E-state index < -0.39 is 6.09 Å². The molecule has 0 saturated carbocycles. The summed E-state index contributed by atoms with van der Waals surface area (Å²) in [4.78, 5) is 33.8. The molecule has 180 valence electrons. The summed E-state index contributed by atoms with van der Waals surface area (Å²) in [6.07, 6.45) is 4.42. The minimum Gasteiger partial charge on any atom is -0.408 e. The van der Waals surface area contributed by atoms with E-state index in [1.807, 2.05) is 18.3 Å². The van der Waals surface area contributed by atoms with Gasteiger partial charge in [0.1, 0.15) is 11.0 Å². The number of fused-ring (bicyclic) bond motifs is 1. The van der Waals surface area contributed by atoms with E-state index in [-0.39, 0.29) is 0 Å². The molecule has 2 N–H and O–H groups in total. The maximum atomic E-state index is 12.7. The summed E-state index contributed by atoms with van der Waals surface area (Å²) in [7, 11) is 2.13. The van der Waals surface area contributed by atoms with Crippen LogP contribution in [0.25, 0.3) is 22.2 Å². The van der Waals surface area contributed by atoms with Crippen molar-refractivity contribution in [3.05, 3.63) is 65.7 Å². The number of likely N-dealkylation sites (N-methyl/N-ethyl adjacent to an activating group) is 1. The zero-order valence-corrected chi connectivity index (χ0v) is 20.2. The zero-order valence-electron chi connectivity index (χ0n) is 20.2. The summed E-state index contributed by atoms with van der Waals surface area (Å²) in [5, 5.41) is 2.68. The minimum absolute atomic E-state index is 0.338. The van der Waals surface area contributed by atoms with Gasteiger partial charge in [-0.3, -0.25) is 15.2 Å². The van der Waals surface area contributed by atoms with E-state index in [0.717, 1.165) is 60.7 Å². The first-order valence-corrected chi connectivity index (χ1v) is 11.7. The number of carbonyl (C=O) groups excluding carboxylic acids is 1. The van der Waals surface area contributed by atoms with Crippen LogP contribution < -0.4 is 10.1 Å². The van der Waals surface area contributed by atoms with Crippen LogP contribution in [-0.4, -0.2) is 69.1 Å². The van der Waals surface area contributed by atoms with Crippen LogP contribution in [0.5, 0.6) is 5.75 Å². The molecule has 1 saturated heterocycles. The molecular weight excluding hydrogens is 442 g/mol. The summed E-state index contributed by atoms with van der Waals surface area (Å²) in [6, 6.07) is 9.87. The first-order chi connectivity index (χ1) is 17.0. The number of imidazole rings is 1. The van der Waals surface area contributed by atoms with Gasteiger partial charge in [-0.1, -0.05) is 18.2 Å². The van der Waals surface area contributed by atoms with Crippen molar-refractivity contribution in [2.24, 2.45) is 0 Å². The molecule has 1 amide bonds. The van der Waals surface area contributed by atoms with E-state index in [9.17, 15) is 4.79 Å². The number of benzene rings is 2. The van der Waals surface area contributed by atoms with Crippen LogP contribution in [0.1, 0.15) is 16.8 Å². The third-order valence-electron chi connectivity index (χ3n) is 6.37. The average molecular weight is 472 g/mol. The number of piperazine rings is 1. The highest BCUT2D eigenvalue weighted by molar-refractivity contribution is 5.97. The molecule has 2 aromatic heterocycles. The predicted octanol–water partition coefficient (Wildman–Crippen LogP) is 4.00. The van der Waals surface area contributed by atoms with Crippen LogP contribution in [0, 0.1) is 13.8 Å². The fraction of sp³-hybridized carbons (Fsp3) is 0.308. The average Bonchev–Trinajstić information content (AvgIpc) is 3.28. The number of nitrogens with zero attached hydrogens (tertiary/aromatic N) is 5. The maximum Gasteiger partial charge on any atom is 0.419 e. The molecule has 9 nitrogen and oxygen atoms in total. The van der Waals surface area contributed by atoms with Crippen molar-refractivity contribution in [3.63, 3.8) is 0 Å². The Kier molecular flexibility index (Phi) is 6.43. The lowest BCUT2D eigenvalue weighted by Gasteiger charge is -2.31. The van der Waals surface area contributed by atoms with Crippen molar-refractivity contribution < 1.29 is 9.53 Å². The Morgan fingerprint density at radius 1 is 1.03 bits per heavy atom. The number of anilines is 1. The summed E-state index contributed by atoms with van der Waals surface area (Å²) in [5.41, 5.74) is 6.44. The summed E-state index contributed by atoms with van der Waals surface area (Å²) in [5.74, 6) is 0.687. The number of ether oxygens (including phenoxy) is 1. The van der Waals surface area contributed by atoms with Crippen LogP contribution in [0.2, 0.25) is 0 Å². The number of aromatic nitrogens is 4. The van der Waals surface area contributed by atoms with E-state index in [2.05, 4.69) is 68.1 Å². The number of hydrogen-bond donors (Lipinski definition) is 2. The van der Waals surface area contributed by atoms with Gasteiger partial charge in [-0.2, -0.15) is 0 Å². The van der Waals surface area contributed by atoms with Crippen molar-refractivity contribution in [2.75, 3.05) is 38.5 Å². The van der Waals surface area contributed by atoms with Gasteiger partial charge in [0.2, 0.25) is 5.95 Å². The Labute approximate surface area is 204 Å².